The number of para-hydroxylation sites is 3. The van der Waals surface area contributed by atoms with E-state index in [1.807, 2.05) is 54.6 Å². The first-order valence-corrected chi connectivity index (χ1v) is 16.3. The van der Waals surface area contributed by atoms with E-state index >= 15 is 0 Å². The second kappa shape index (κ2) is 11.4. The summed E-state index contributed by atoms with van der Waals surface area (Å²) in [5.74, 6) is 0. The van der Waals surface area contributed by atoms with Crippen LogP contribution in [0.3, 0.4) is 0 Å². The molecule has 0 fully saturated rings. The zero-order valence-electron chi connectivity index (χ0n) is 26.7. The highest BCUT2D eigenvalue weighted by molar-refractivity contribution is 6.11. The summed E-state index contributed by atoms with van der Waals surface area (Å²) in [5, 5.41) is 23.5. The van der Waals surface area contributed by atoms with Crippen LogP contribution in [0.4, 0.5) is 5.69 Å². The van der Waals surface area contributed by atoms with Gasteiger partial charge in [-0.3, -0.25) is 0 Å². The zero-order valence-corrected chi connectivity index (χ0v) is 26.7. The first-order valence-electron chi connectivity index (χ1n) is 16.3. The molecule has 0 atom stereocenters. The van der Waals surface area contributed by atoms with Crippen LogP contribution >= 0.6 is 0 Å². The molecule has 0 unspecified atom stereocenters. The molecule has 9 aromatic rings. The standard InChI is InChI=1S/C45H25N5/c1-48-32-24-31(25-33(26-32)49-44-20-18-29(27-46)22-39(44)40-23-30(28-47)19-21-45(40)49)34-10-2-3-11-35(34)36-12-4-7-15-41(36)50-42-16-8-5-13-37(42)38-14-6-9-17-43(38)50/h2-26H. The van der Waals surface area contributed by atoms with Crippen LogP contribution in [-0.2, 0) is 0 Å². The molecule has 0 amide bonds. The molecule has 2 aromatic heterocycles. The largest absolute Gasteiger partial charge is 0.310 e. The maximum Gasteiger partial charge on any atom is 0.189 e. The molecule has 2 heterocycles. The van der Waals surface area contributed by atoms with Crippen LogP contribution in [0.2, 0.25) is 0 Å². The van der Waals surface area contributed by atoms with Crippen molar-refractivity contribution in [3.8, 4) is 45.8 Å². The van der Waals surface area contributed by atoms with E-state index in [2.05, 4.69) is 123 Å². The van der Waals surface area contributed by atoms with E-state index in [0.29, 0.717) is 16.8 Å². The molecule has 0 aliphatic rings. The van der Waals surface area contributed by atoms with E-state index in [0.717, 1.165) is 66.5 Å². The summed E-state index contributed by atoms with van der Waals surface area (Å²) in [4.78, 5) is 3.92. The van der Waals surface area contributed by atoms with Gasteiger partial charge in [0.1, 0.15) is 0 Å². The Morgan fingerprint density at radius 1 is 0.460 bits per heavy atom. The van der Waals surface area contributed by atoms with Gasteiger partial charge >= 0.3 is 0 Å². The smallest absolute Gasteiger partial charge is 0.189 e. The fraction of sp³-hybridized carbons (Fsp3) is 0. The van der Waals surface area contributed by atoms with Gasteiger partial charge in [0.2, 0.25) is 0 Å². The first-order chi connectivity index (χ1) is 24.7. The van der Waals surface area contributed by atoms with Crippen molar-refractivity contribution >= 4 is 49.3 Å². The number of aromatic nitrogens is 2. The van der Waals surface area contributed by atoms with Crippen molar-refractivity contribution in [3.63, 3.8) is 0 Å². The number of hydrogen-bond acceptors (Lipinski definition) is 2. The Morgan fingerprint density at radius 2 is 0.980 bits per heavy atom. The maximum absolute atomic E-state index is 9.68. The Bertz CT molecular complexity index is 2850. The fourth-order valence-corrected chi connectivity index (χ4v) is 7.43. The van der Waals surface area contributed by atoms with Crippen molar-refractivity contribution in [3.05, 3.63) is 174 Å². The van der Waals surface area contributed by atoms with Gasteiger partial charge in [0.25, 0.3) is 0 Å². The molecular formula is C45H25N5. The summed E-state index contributed by atoms with van der Waals surface area (Å²) in [5.41, 5.74) is 11.6. The minimum Gasteiger partial charge on any atom is -0.310 e. The topological polar surface area (TPSA) is 61.8 Å². The lowest BCUT2D eigenvalue weighted by atomic mass is 9.93. The van der Waals surface area contributed by atoms with Crippen molar-refractivity contribution in [2.75, 3.05) is 0 Å². The molecule has 0 N–H and O–H groups in total. The van der Waals surface area contributed by atoms with E-state index < -0.39 is 0 Å². The summed E-state index contributed by atoms with van der Waals surface area (Å²) < 4.78 is 4.47. The van der Waals surface area contributed by atoms with Crippen molar-refractivity contribution in [1.82, 2.24) is 9.13 Å². The average Bonchev–Trinajstić information content (AvgIpc) is 3.69. The van der Waals surface area contributed by atoms with Crippen LogP contribution < -0.4 is 0 Å². The summed E-state index contributed by atoms with van der Waals surface area (Å²) in [6.45, 7) is 8.10. The second-order valence-electron chi connectivity index (χ2n) is 12.3. The third-order valence-corrected chi connectivity index (χ3v) is 9.57. The van der Waals surface area contributed by atoms with Crippen molar-refractivity contribution in [2.45, 2.75) is 0 Å². The third-order valence-electron chi connectivity index (χ3n) is 9.57. The Labute approximate surface area is 288 Å². The molecule has 50 heavy (non-hydrogen) atoms. The maximum atomic E-state index is 9.68. The molecule has 0 spiro atoms. The third kappa shape index (κ3) is 4.38. The van der Waals surface area contributed by atoms with Crippen molar-refractivity contribution < 1.29 is 0 Å². The molecule has 0 radical (unpaired) electrons. The zero-order chi connectivity index (χ0) is 33.8. The van der Waals surface area contributed by atoms with Gasteiger partial charge in [-0.05, 0) is 89.5 Å². The van der Waals surface area contributed by atoms with Crippen LogP contribution in [0.25, 0.3) is 82.1 Å². The predicted molar refractivity (Wildman–Crippen MR) is 202 cm³/mol. The lowest BCUT2D eigenvalue weighted by Crippen LogP contribution is -1.98. The van der Waals surface area contributed by atoms with Crippen LogP contribution in [0.15, 0.2) is 152 Å². The number of hydrogen-bond donors (Lipinski definition) is 0. The van der Waals surface area contributed by atoms with E-state index in [-0.39, 0.29) is 0 Å². The Hall–Kier alpha value is -7.39. The molecule has 5 heteroatoms. The van der Waals surface area contributed by atoms with E-state index in [9.17, 15) is 10.5 Å². The molecule has 5 nitrogen and oxygen atoms in total. The summed E-state index contributed by atoms with van der Waals surface area (Å²) in [6.07, 6.45) is 0. The first kappa shape index (κ1) is 28.8. The molecule has 9 rings (SSSR count). The van der Waals surface area contributed by atoms with Gasteiger partial charge in [0.15, 0.2) is 5.69 Å². The molecule has 7 aromatic carbocycles. The normalized spacial score (nSPS) is 11.1. The highest BCUT2D eigenvalue weighted by atomic mass is 15.0. The van der Waals surface area contributed by atoms with Crippen LogP contribution in [-0.4, -0.2) is 9.13 Å². The van der Waals surface area contributed by atoms with Gasteiger partial charge in [0.05, 0.1) is 57.6 Å². The van der Waals surface area contributed by atoms with Crippen LogP contribution in [0.5, 0.6) is 0 Å². The molecule has 0 aliphatic heterocycles. The van der Waals surface area contributed by atoms with Gasteiger partial charge in [0, 0.05) is 32.8 Å². The number of nitriles is 2. The van der Waals surface area contributed by atoms with E-state index in [4.69, 9.17) is 6.57 Å². The van der Waals surface area contributed by atoms with Crippen molar-refractivity contribution in [2.24, 2.45) is 0 Å². The molecule has 0 saturated heterocycles. The van der Waals surface area contributed by atoms with Crippen LogP contribution in [0.1, 0.15) is 11.1 Å². The van der Waals surface area contributed by atoms with Gasteiger partial charge in [-0.15, -0.1) is 0 Å². The summed E-state index contributed by atoms with van der Waals surface area (Å²) >= 11 is 0. The second-order valence-corrected chi connectivity index (χ2v) is 12.3. The minimum atomic E-state index is 0.514. The quantitative estimate of drug-likeness (QED) is 0.181. The van der Waals surface area contributed by atoms with Gasteiger partial charge < -0.3 is 9.13 Å². The molecule has 0 saturated carbocycles. The SMILES string of the molecule is [C-]#[N+]c1cc(-c2ccccc2-c2ccccc2-n2c3ccccc3c3ccccc32)cc(-n2c3ccc(C#N)cc3c3cc(C#N)ccc32)c1. The lowest BCUT2D eigenvalue weighted by molar-refractivity contribution is 1.18. The number of nitrogens with zero attached hydrogens (tertiary/aromatic N) is 5. The Kier molecular flexibility index (Phi) is 6.56. The molecule has 230 valence electrons. The summed E-state index contributed by atoms with van der Waals surface area (Å²) in [6, 6.07) is 55.7. The Balaban J connectivity index is 1.29. The van der Waals surface area contributed by atoms with Gasteiger partial charge in [-0.25, -0.2) is 4.85 Å². The molecule has 0 bridgehead atoms. The van der Waals surface area contributed by atoms with E-state index in [1.165, 1.54) is 10.8 Å². The molecule has 0 aliphatic carbocycles. The summed E-state index contributed by atoms with van der Waals surface area (Å²) in [7, 11) is 0. The molecular weight excluding hydrogens is 611 g/mol. The number of benzene rings is 7. The van der Waals surface area contributed by atoms with Gasteiger partial charge in [-0.1, -0.05) is 78.9 Å². The Morgan fingerprint density at radius 3 is 1.58 bits per heavy atom. The van der Waals surface area contributed by atoms with Crippen LogP contribution in [0, 0.1) is 29.2 Å². The highest BCUT2D eigenvalue weighted by Gasteiger charge is 2.19. The minimum absolute atomic E-state index is 0.514. The van der Waals surface area contributed by atoms with E-state index in [1.54, 1.807) is 0 Å². The van der Waals surface area contributed by atoms with Gasteiger partial charge in [-0.2, -0.15) is 10.5 Å². The monoisotopic (exact) mass is 635 g/mol. The predicted octanol–water partition coefficient (Wildman–Crippen LogP) is 11.5. The van der Waals surface area contributed by atoms with Crippen molar-refractivity contribution in [1.29, 1.82) is 10.5 Å². The fourth-order valence-electron chi connectivity index (χ4n) is 7.43. The highest BCUT2D eigenvalue weighted by Crippen LogP contribution is 2.42. The lowest BCUT2D eigenvalue weighted by Gasteiger charge is -2.18. The average molecular weight is 636 g/mol. The number of fused-ring (bicyclic) bond motifs is 6. The number of rotatable bonds is 4.